The molecule has 0 unspecified atom stereocenters. The third-order valence-corrected chi connectivity index (χ3v) is 8.98. The van der Waals surface area contributed by atoms with E-state index in [4.69, 9.17) is 24.3 Å². The maximum Gasteiger partial charge on any atom is 0.337 e. The maximum atomic E-state index is 12.8. The van der Waals surface area contributed by atoms with Gasteiger partial charge >= 0.3 is 5.97 Å². The molecule has 3 aliphatic heterocycles. The standard InChI is InChI=1S/C38H46N4O5/c1-24-14-15-31-29(21-24)27-12-10-13-28(22-27)30-23-32-39-26(3)33(34(36(43)44)47-37(4,5)6)35(42(32)40-30)41-18-16-38(7,17-19-41)45-20-9-8-11-25(2)46-31/h8-10,12-15,21-23,25,34H,11,16-20H2,1-7H3,(H,43,44)/b9-8+/t25-,34+/m1/s1. The topological polar surface area (TPSA) is 98.4 Å². The van der Waals surface area contributed by atoms with E-state index in [-0.39, 0.29) is 11.7 Å². The van der Waals surface area contributed by atoms with Crippen molar-refractivity contribution in [3.05, 3.63) is 77.5 Å². The van der Waals surface area contributed by atoms with Gasteiger partial charge in [-0.25, -0.2) is 9.78 Å². The number of anilines is 1. The molecule has 248 valence electrons. The van der Waals surface area contributed by atoms with Crippen LogP contribution in [-0.2, 0) is 14.3 Å². The lowest BCUT2D eigenvalue weighted by molar-refractivity contribution is -0.160. The number of hydrogen-bond acceptors (Lipinski definition) is 7. The molecule has 9 heteroatoms. The zero-order chi connectivity index (χ0) is 33.5. The molecule has 0 radical (unpaired) electrons. The lowest BCUT2D eigenvalue weighted by Gasteiger charge is -2.41. The number of rotatable bonds is 3. The molecule has 0 aliphatic carbocycles. The van der Waals surface area contributed by atoms with Crippen LogP contribution in [0.4, 0.5) is 5.82 Å². The second kappa shape index (κ2) is 12.8. The normalized spacial score (nSPS) is 21.7. The number of benzene rings is 2. The van der Waals surface area contributed by atoms with Crippen LogP contribution in [0.3, 0.4) is 0 Å². The summed E-state index contributed by atoms with van der Waals surface area (Å²) in [6.45, 7) is 15.6. The molecular weight excluding hydrogens is 592 g/mol. The van der Waals surface area contributed by atoms with Crippen molar-refractivity contribution < 1.29 is 24.1 Å². The van der Waals surface area contributed by atoms with Crippen LogP contribution in [0.2, 0.25) is 0 Å². The Morgan fingerprint density at radius 1 is 1.06 bits per heavy atom. The van der Waals surface area contributed by atoms with E-state index >= 15 is 0 Å². The average molecular weight is 639 g/mol. The highest BCUT2D eigenvalue weighted by molar-refractivity contribution is 5.80. The molecule has 1 N–H and O–H groups in total. The van der Waals surface area contributed by atoms with Gasteiger partial charge in [-0.05, 0) is 85.1 Å². The van der Waals surface area contributed by atoms with E-state index < -0.39 is 17.7 Å². The number of carboxylic acid groups (broad SMARTS) is 1. The van der Waals surface area contributed by atoms with Gasteiger partial charge in [0.25, 0.3) is 0 Å². The Kier molecular flexibility index (Phi) is 8.89. The van der Waals surface area contributed by atoms with Crippen LogP contribution in [0.1, 0.15) is 76.8 Å². The van der Waals surface area contributed by atoms with Crippen molar-refractivity contribution in [2.24, 2.45) is 0 Å². The first-order valence-electron chi connectivity index (χ1n) is 16.5. The Morgan fingerprint density at radius 2 is 1.81 bits per heavy atom. The van der Waals surface area contributed by atoms with Crippen molar-refractivity contribution in [2.75, 3.05) is 24.6 Å². The second-order valence-corrected chi connectivity index (χ2v) is 14.1. The van der Waals surface area contributed by atoms with Crippen molar-refractivity contribution in [3.8, 4) is 28.1 Å². The first-order chi connectivity index (χ1) is 22.3. The van der Waals surface area contributed by atoms with E-state index in [0.29, 0.717) is 42.4 Å². The number of ether oxygens (including phenoxy) is 3. The predicted octanol–water partition coefficient (Wildman–Crippen LogP) is 7.72. The van der Waals surface area contributed by atoms with E-state index in [0.717, 1.165) is 53.0 Å². The van der Waals surface area contributed by atoms with Gasteiger partial charge in [0.2, 0.25) is 0 Å². The molecule has 9 nitrogen and oxygen atoms in total. The molecule has 5 heterocycles. The Labute approximate surface area is 277 Å². The van der Waals surface area contributed by atoms with Gasteiger partial charge < -0.3 is 24.2 Å². The van der Waals surface area contributed by atoms with Crippen LogP contribution in [0.25, 0.3) is 28.0 Å². The van der Waals surface area contributed by atoms with E-state index in [1.807, 2.05) is 52.0 Å². The number of carboxylic acids is 1. The zero-order valence-electron chi connectivity index (χ0n) is 28.5. The number of hydrogen-bond donors (Lipinski definition) is 1. The summed E-state index contributed by atoms with van der Waals surface area (Å²) in [6, 6.07) is 16.5. The number of aryl methyl sites for hydroxylation is 2. The van der Waals surface area contributed by atoms with Crippen molar-refractivity contribution in [2.45, 2.75) is 91.1 Å². The summed E-state index contributed by atoms with van der Waals surface area (Å²) in [6.07, 6.45) is 5.28. The molecule has 7 rings (SSSR count). The van der Waals surface area contributed by atoms with Crippen LogP contribution in [0, 0.1) is 13.8 Å². The van der Waals surface area contributed by atoms with E-state index in [1.165, 1.54) is 0 Å². The minimum Gasteiger partial charge on any atom is -0.490 e. The van der Waals surface area contributed by atoms with Crippen molar-refractivity contribution in [1.29, 1.82) is 0 Å². The molecule has 0 saturated carbocycles. The molecule has 3 aliphatic rings. The minimum absolute atomic E-state index is 0.0161. The molecule has 0 spiro atoms. The predicted molar refractivity (Wildman–Crippen MR) is 184 cm³/mol. The first-order valence-corrected chi connectivity index (χ1v) is 16.5. The van der Waals surface area contributed by atoms with Crippen molar-refractivity contribution in [1.82, 2.24) is 14.6 Å². The van der Waals surface area contributed by atoms with E-state index in [1.54, 1.807) is 4.52 Å². The highest BCUT2D eigenvalue weighted by Crippen LogP contribution is 2.39. The van der Waals surface area contributed by atoms with E-state index in [2.05, 4.69) is 62.1 Å². The number of aromatic nitrogens is 3. The summed E-state index contributed by atoms with van der Waals surface area (Å²) in [7, 11) is 0. The molecule has 47 heavy (non-hydrogen) atoms. The molecular formula is C38H46N4O5. The fourth-order valence-electron chi connectivity index (χ4n) is 6.48. The smallest absolute Gasteiger partial charge is 0.337 e. The molecule has 2 atom stereocenters. The number of nitrogens with zero attached hydrogens (tertiary/aromatic N) is 4. The third kappa shape index (κ3) is 7.06. The first kappa shape index (κ1) is 32.7. The summed E-state index contributed by atoms with van der Waals surface area (Å²) in [5.41, 5.74) is 5.62. The lowest BCUT2D eigenvalue weighted by Crippen LogP contribution is -2.45. The van der Waals surface area contributed by atoms with Gasteiger partial charge in [0, 0.05) is 42.4 Å². The fraction of sp³-hybridized carbons (Fsp3) is 0.447. The summed E-state index contributed by atoms with van der Waals surface area (Å²) in [5, 5.41) is 15.6. The molecule has 2 aromatic heterocycles. The van der Waals surface area contributed by atoms with Gasteiger partial charge in [0.05, 0.1) is 35.2 Å². The van der Waals surface area contributed by atoms with Crippen LogP contribution >= 0.6 is 0 Å². The highest BCUT2D eigenvalue weighted by Gasteiger charge is 2.37. The molecule has 4 aromatic rings. The number of aliphatic carboxylic acids is 1. The van der Waals surface area contributed by atoms with Crippen LogP contribution in [0.15, 0.2) is 60.7 Å². The largest absolute Gasteiger partial charge is 0.490 e. The Morgan fingerprint density at radius 3 is 2.53 bits per heavy atom. The zero-order valence-corrected chi connectivity index (χ0v) is 28.5. The SMILES string of the molecule is Cc1ccc2c(c1)-c1cccc(c1)-c1cc3nc(C)c([C@H](OC(C)(C)C)C(=O)O)c(n3n1)N1CCC(C)(CC1)OC/C=C/C[C@@H](C)O2. The van der Waals surface area contributed by atoms with Crippen molar-refractivity contribution >= 4 is 17.4 Å². The maximum absolute atomic E-state index is 12.8. The molecule has 2 aromatic carbocycles. The van der Waals surface area contributed by atoms with Crippen LogP contribution in [-0.4, -0.2) is 62.7 Å². The Hall–Kier alpha value is -4.21. The third-order valence-electron chi connectivity index (χ3n) is 8.98. The van der Waals surface area contributed by atoms with Gasteiger partial charge in [-0.3, -0.25) is 0 Å². The Bertz CT molecular complexity index is 1810. The number of piperidine rings is 1. The van der Waals surface area contributed by atoms with Crippen LogP contribution < -0.4 is 9.64 Å². The van der Waals surface area contributed by atoms with Gasteiger partial charge in [-0.2, -0.15) is 9.61 Å². The molecule has 1 fully saturated rings. The average Bonchev–Trinajstić information content (AvgIpc) is 3.43. The van der Waals surface area contributed by atoms with Crippen molar-refractivity contribution in [3.63, 3.8) is 0 Å². The van der Waals surface area contributed by atoms with Gasteiger partial charge in [-0.15, -0.1) is 0 Å². The van der Waals surface area contributed by atoms with Gasteiger partial charge in [0.1, 0.15) is 11.6 Å². The summed E-state index contributed by atoms with van der Waals surface area (Å²) in [4.78, 5) is 19.9. The summed E-state index contributed by atoms with van der Waals surface area (Å²) in [5.74, 6) is 0.468. The quantitative estimate of drug-likeness (QED) is 0.228. The minimum atomic E-state index is -1.22. The van der Waals surface area contributed by atoms with Gasteiger partial charge in [-0.1, -0.05) is 42.0 Å². The fourth-order valence-corrected chi connectivity index (χ4v) is 6.48. The highest BCUT2D eigenvalue weighted by atomic mass is 16.5. The molecule has 6 bridgehead atoms. The Balaban J connectivity index is 1.55. The van der Waals surface area contributed by atoms with Crippen LogP contribution in [0.5, 0.6) is 5.75 Å². The monoisotopic (exact) mass is 638 g/mol. The van der Waals surface area contributed by atoms with Gasteiger partial charge in [0.15, 0.2) is 11.8 Å². The second-order valence-electron chi connectivity index (χ2n) is 14.1. The van der Waals surface area contributed by atoms with E-state index in [9.17, 15) is 9.90 Å². The lowest BCUT2D eigenvalue weighted by atomic mass is 9.92. The molecule has 0 amide bonds. The molecule has 1 saturated heterocycles. The number of carbonyl (C=O) groups is 1. The number of fused-ring (bicyclic) bond motifs is 7. The summed E-state index contributed by atoms with van der Waals surface area (Å²) < 4.78 is 20.9. The summed E-state index contributed by atoms with van der Waals surface area (Å²) >= 11 is 0.